The number of nitro benzene ring substituents is 1. The van der Waals surface area contributed by atoms with Gasteiger partial charge in [0.1, 0.15) is 5.82 Å². The second-order valence-corrected chi connectivity index (χ2v) is 6.76. The Morgan fingerprint density at radius 3 is 2.79 bits per heavy atom. The number of non-ortho nitro benzene ring substituents is 1. The molecule has 1 fully saturated rings. The van der Waals surface area contributed by atoms with Crippen LogP contribution in [0.4, 0.5) is 11.5 Å². The number of hydrogen-bond acceptors (Lipinski definition) is 6. The van der Waals surface area contributed by atoms with E-state index < -0.39 is 4.92 Å². The van der Waals surface area contributed by atoms with Crippen molar-refractivity contribution in [1.29, 1.82) is 5.26 Å². The molecule has 2 unspecified atom stereocenters. The number of nitrogens with zero attached hydrogens (tertiary/aromatic N) is 3. The quantitative estimate of drug-likeness (QED) is 0.538. The number of nitriles is 1. The molecule has 0 radical (unpaired) electrons. The third kappa shape index (κ3) is 3.63. The van der Waals surface area contributed by atoms with E-state index in [-0.39, 0.29) is 17.8 Å². The largest absolute Gasteiger partial charge is 0.373 e. The van der Waals surface area contributed by atoms with Gasteiger partial charge in [-0.15, -0.1) is 0 Å². The lowest BCUT2D eigenvalue weighted by Gasteiger charge is -2.30. The van der Waals surface area contributed by atoms with E-state index in [2.05, 4.69) is 28.5 Å². The molecule has 2 heterocycles. The van der Waals surface area contributed by atoms with Crippen molar-refractivity contribution in [3.05, 3.63) is 75.8 Å². The van der Waals surface area contributed by atoms with Gasteiger partial charge in [0.15, 0.2) is 0 Å². The van der Waals surface area contributed by atoms with Crippen LogP contribution in [0.25, 0.3) is 10.9 Å². The first-order chi connectivity index (χ1) is 13.6. The summed E-state index contributed by atoms with van der Waals surface area (Å²) >= 11 is 0. The summed E-state index contributed by atoms with van der Waals surface area (Å²) in [6, 6.07) is 18.4. The molecule has 7 nitrogen and oxygen atoms in total. The Bertz CT molecular complexity index is 1060. The van der Waals surface area contributed by atoms with Crippen LogP contribution in [-0.2, 0) is 4.74 Å². The van der Waals surface area contributed by atoms with Crippen molar-refractivity contribution in [2.75, 3.05) is 11.9 Å². The van der Waals surface area contributed by atoms with Gasteiger partial charge >= 0.3 is 0 Å². The lowest BCUT2D eigenvalue weighted by atomic mass is 9.97. The normalized spacial score (nSPS) is 19.1. The molecule has 2 atom stereocenters. The number of benzene rings is 2. The van der Waals surface area contributed by atoms with Gasteiger partial charge in [0, 0.05) is 30.2 Å². The molecule has 7 heteroatoms. The van der Waals surface area contributed by atoms with Crippen molar-refractivity contribution in [3.8, 4) is 6.07 Å². The molecule has 0 bridgehead atoms. The number of nitrogens with one attached hydrogen (secondary N) is 1. The molecule has 1 aliphatic heterocycles. The maximum Gasteiger partial charge on any atom is 0.270 e. The standard InChI is InChI=1S/C21H18N4O3/c22-13-15-10-21(24-19-7-6-17(25(26)27)12-18(15)19)23-16-8-9-28-20(11-16)14-4-2-1-3-5-14/h1-7,10,12,16,20H,8-9,11H2,(H,23,24). The Labute approximate surface area is 161 Å². The number of anilines is 1. The van der Waals surface area contributed by atoms with E-state index in [9.17, 15) is 15.4 Å². The topological polar surface area (TPSA) is 101 Å². The molecule has 1 saturated heterocycles. The van der Waals surface area contributed by atoms with Gasteiger partial charge in [0.2, 0.25) is 0 Å². The Morgan fingerprint density at radius 2 is 2.04 bits per heavy atom. The van der Waals surface area contributed by atoms with E-state index in [0.29, 0.717) is 28.9 Å². The molecule has 0 spiro atoms. The summed E-state index contributed by atoms with van der Waals surface area (Å²) < 4.78 is 5.91. The van der Waals surface area contributed by atoms with Crippen LogP contribution in [0.1, 0.15) is 30.1 Å². The van der Waals surface area contributed by atoms with Gasteiger partial charge < -0.3 is 10.1 Å². The van der Waals surface area contributed by atoms with E-state index in [0.717, 1.165) is 18.4 Å². The molecule has 1 aliphatic rings. The van der Waals surface area contributed by atoms with Gasteiger partial charge in [-0.3, -0.25) is 10.1 Å². The second-order valence-electron chi connectivity index (χ2n) is 6.76. The molecule has 0 saturated carbocycles. The van der Waals surface area contributed by atoms with Gasteiger partial charge in [-0.1, -0.05) is 30.3 Å². The number of pyridine rings is 1. The summed E-state index contributed by atoms with van der Waals surface area (Å²) in [6.45, 7) is 0.641. The van der Waals surface area contributed by atoms with Crippen molar-refractivity contribution in [2.24, 2.45) is 0 Å². The van der Waals surface area contributed by atoms with Crippen LogP contribution in [0.2, 0.25) is 0 Å². The molecule has 28 heavy (non-hydrogen) atoms. The zero-order valence-electron chi connectivity index (χ0n) is 15.0. The van der Waals surface area contributed by atoms with Gasteiger partial charge in [-0.05, 0) is 30.5 Å². The fourth-order valence-electron chi connectivity index (χ4n) is 3.53. The Hall–Kier alpha value is -3.50. The number of aromatic nitrogens is 1. The van der Waals surface area contributed by atoms with Gasteiger partial charge in [-0.2, -0.15) is 5.26 Å². The molecular formula is C21H18N4O3. The van der Waals surface area contributed by atoms with E-state index in [1.54, 1.807) is 12.1 Å². The number of hydrogen-bond donors (Lipinski definition) is 1. The Kier molecular flexibility index (Phi) is 4.87. The molecule has 0 amide bonds. The molecule has 1 N–H and O–H groups in total. The first kappa shape index (κ1) is 17.9. The zero-order chi connectivity index (χ0) is 19.5. The first-order valence-electron chi connectivity index (χ1n) is 9.06. The van der Waals surface area contributed by atoms with Crippen molar-refractivity contribution >= 4 is 22.4 Å². The molecule has 1 aromatic heterocycles. The number of fused-ring (bicyclic) bond motifs is 1. The maximum atomic E-state index is 11.0. The number of rotatable bonds is 4. The van der Waals surface area contributed by atoms with Crippen LogP contribution in [0.15, 0.2) is 54.6 Å². The fraction of sp³-hybridized carbons (Fsp3) is 0.238. The summed E-state index contributed by atoms with van der Waals surface area (Å²) in [4.78, 5) is 15.1. The number of nitro groups is 1. The SMILES string of the molecule is N#Cc1cc(NC2CCOC(c3ccccc3)C2)nc2ccc([N+](=O)[O-])cc12. The molecule has 3 aromatic rings. The lowest BCUT2D eigenvalue weighted by molar-refractivity contribution is -0.384. The van der Waals surface area contributed by atoms with Crippen molar-refractivity contribution < 1.29 is 9.66 Å². The minimum Gasteiger partial charge on any atom is -0.373 e. The molecule has 2 aromatic carbocycles. The number of ether oxygens (including phenoxy) is 1. The van der Waals surface area contributed by atoms with E-state index >= 15 is 0 Å². The third-order valence-corrected chi connectivity index (χ3v) is 4.93. The summed E-state index contributed by atoms with van der Waals surface area (Å²) in [5.74, 6) is 0.594. The zero-order valence-corrected chi connectivity index (χ0v) is 15.0. The summed E-state index contributed by atoms with van der Waals surface area (Å²) in [5, 5.41) is 24.4. The maximum absolute atomic E-state index is 11.0. The molecule has 0 aliphatic carbocycles. The van der Waals surface area contributed by atoms with Crippen LogP contribution in [0, 0.1) is 21.4 Å². The minimum atomic E-state index is -0.474. The summed E-state index contributed by atoms with van der Waals surface area (Å²) in [7, 11) is 0. The van der Waals surface area contributed by atoms with E-state index in [1.807, 2.05) is 18.2 Å². The van der Waals surface area contributed by atoms with Gasteiger partial charge in [-0.25, -0.2) is 4.98 Å². The predicted molar refractivity (Wildman–Crippen MR) is 105 cm³/mol. The molecular weight excluding hydrogens is 356 g/mol. The lowest BCUT2D eigenvalue weighted by Crippen LogP contribution is -2.30. The van der Waals surface area contributed by atoms with Crippen LogP contribution in [0.3, 0.4) is 0 Å². The monoisotopic (exact) mass is 374 g/mol. The van der Waals surface area contributed by atoms with Gasteiger partial charge in [0.25, 0.3) is 5.69 Å². The van der Waals surface area contributed by atoms with Crippen LogP contribution in [-0.4, -0.2) is 22.6 Å². The van der Waals surface area contributed by atoms with Crippen molar-refractivity contribution in [2.45, 2.75) is 25.0 Å². The second kappa shape index (κ2) is 7.62. The van der Waals surface area contributed by atoms with Crippen LogP contribution in [0.5, 0.6) is 0 Å². The molecule has 4 rings (SSSR count). The fourth-order valence-corrected chi connectivity index (χ4v) is 3.53. The smallest absolute Gasteiger partial charge is 0.270 e. The van der Waals surface area contributed by atoms with Crippen LogP contribution < -0.4 is 5.32 Å². The highest BCUT2D eigenvalue weighted by atomic mass is 16.6. The minimum absolute atomic E-state index is 0.0194. The summed E-state index contributed by atoms with van der Waals surface area (Å²) in [6.07, 6.45) is 1.66. The Morgan fingerprint density at radius 1 is 1.21 bits per heavy atom. The molecule has 140 valence electrons. The predicted octanol–water partition coefficient (Wildman–Crippen LogP) is 4.35. The highest BCUT2D eigenvalue weighted by Crippen LogP contribution is 2.30. The van der Waals surface area contributed by atoms with Gasteiger partial charge in [0.05, 0.1) is 28.2 Å². The highest BCUT2D eigenvalue weighted by Gasteiger charge is 2.24. The van der Waals surface area contributed by atoms with Crippen molar-refractivity contribution in [3.63, 3.8) is 0 Å². The average Bonchev–Trinajstić information content (AvgIpc) is 2.73. The third-order valence-electron chi connectivity index (χ3n) is 4.93. The average molecular weight is 374 g/mol. The Balaban J connectivity index is 1.58. The van der Waals surface area contributed by atoms with Crippen LogP contribution >= 0.6 is 0 Å². The summed E-state index contributed by atoms with van der Waals surface area (Å²) in [5.41, 5.74) is 2.01. The van der Waals surface area contributed by atoms with E-state index in [1.165, 1.54) is 12.1 Å². The first-order valence-corrected chi connectivity index (χ1v) is 9.06. The van der Waals surface area contributed by atoms with Crippen molar-refractivity contribution in [1.82, 2.24) is 4.98 Å². The highest BCUT2D eigenvalue weighted by molar-refractivity contribution is 5.88. The van der Waals surface area contributed by atoms with E-state index in [4.69, 9.17) is 4.74 Å².